The number of aromatic nitrogens is 2. The van der Waals surface area contributed by atoms with Crippen molar-refractivity contribution in [1.29, 1.82) is 0 Å². The summed E-state index contributed by atoms with van der Waals surface area (Å²) in [5, 5.41) is 7.47. The van der Waals surface area contributed by atoms with E-state index < -0.39 is 12.4 Å². The van der Waals surface area contributed by atoms with Crippen molar-refractivity contribution in [3.63, 3.8) is 0 Å². The molecule has 1 atom stereocenters. The molecule has 2 fully saturated rings. The van der Waals surface area contributed by atoms with Gasteiger partial charge in [0.1, 0.15) is 11.6 Å². The molecule has 0 spiro atoms. The molecular formula is C25H27F3N4O2. The first kappa shape index (κ1) is 22.6. The minimum Gasteiger partial charge on any atom is -0.435 e. The van der Waals surface area contributed by atoms with Crippen LogP contribution < -0.4 is 15.0 Å². The molecule has 1 amide bonds. The summed E-state index contributed by atoms with van der Waals surface area (Å²) in [6.45, 7) is -2.29. The molecule has 3 aromatic rings. The third-order valence-corrected chi connectivity index (χ3v) is 6.78. The zero-order valence-electron chi connectivity index (χ0n) is 18.7. The standard InChI is InChI=1S/C25H27F3N4O2/c26-17-11-16(12-20(13-17)34-25(27)28)22-7-4-9-31(22)19-8-10-32-23(14-19)21(15-29-32)24(33)30-18-5-2-1-3-6-18/h8,10-15,18,22,25H,1-7,9H2,(H,30,33)/t22-/m1/s1. The second-order valence-corrected chi connectivity index (χ2v) is 9.03. The highest BCUT2D eigenvalue weighted by Gasteiger charge is 2.28. The Morgan fingerprint density at radius 1 is 1.09 bits per heavy atom. The van der Waals surface area contributed by atoms with E-state index in [4.69, 9.17) is 0 Å². The van der Waals surface area contributed by atoms with Gasteiger partial charge in [0.05, 0.1) is 23.3 Å². The van der Waals surface area contributed by atoms with E-state index in [-0.39, 0.29) is 23.7 Å². The average molecular weight is 473 g/mol. The number of hydrogen-bond acceptors (Lipinski definition) is 4. The second-order valence-electron chi connectivity index (χ2n) is 9.03. The number of ether oxygens (including phenoxy) is 1. The third kappa shape index (κ3) is 4.69. The summed E-state index contributed by atoms with van der Waals surface area (Å²) in [6.07, 6.45) is 10.5. The highest BCUT2D eigenvalue weighted by molar-refractivity contribution is 6.01. The van der Waals surface area contributed by atoms with Crippen molar-refractivity contribution in [2.24, 2.45) is 0 Å². The molecule has 1 saturated heterocycles. The van der Waals surface area contributed by atoms with Crippen LogP contribution in [0.3, 0.4) is 0 Å². The zero-order valence-corrected chi connectivity index (χ0v) is 18.7. The third-order valence-electron chi connectivity index (χ3n) is 6.78. The van der Waals surface area contributed by atoms with E-state index in [1.54, 1.807) is 16.9 Å². The van der Waals surface area contributed by atoms with Crippen LogP contribution >= 0.6 is 0 Å². The average Bonchev–Trinajstić information content (AvgIpc) is 3.46. The lowest BCUT2D eigenvalue weighted by atomic mass is 9.95. The van der Waals surface area contributed by atoms with Crippen LogP contribution in [0.5, 0.6) is 5.75 Å². The molecule has 0 radical (unpaired) electrons. The second kappa shape index (κ2) is 9.56. The molecule has 9 heteroatoms. The van der Waals surface area contributed by atoms with Crippen LogP contribution in [-0.2, 0) is 0 Å². The number of pyridine rings is 1. The van der Waals surface area contributed by atoms with Gasteiger partial charge in [0, 0.05) is 30.5 Å². The van der Waals surface area contributed by atoms with E-state index >= 15 is 0 Å². The lowest BCUT2D eigenvalue weighted by molar-refractivity contribution is -0.0500. The van der Waals surface area contributed by atoms with Gasteiger partial charge in [0.15, 0.2) is 0 Å². The molecule has 1 saturated carbocycles. The van der Waals surface area contributed by atoms with E-state index in [2.05, 4.69) is 20.1 Å². The highest BCUT2D eigenvalue weighted by atomic mass is 19.3. The van der Waals surface area contributed by atoms with Crippen molar-refractivity contribution in [3.8, 4) is 5.75 Å². The molecule has 1 N–H and O–H groups in total. The van der Waals surface area contributed by atoms with Crippen molar-refractivity contribution in [3.05, 3.63) is 59.7 Å². The summed E-state index contributed by atoms with van der Waals surface area (Å²) >= 11 is 0. The fourth-order valence-corrected chi connectivity index (χ4v) is 5.20. The highest BCUT2D eigenvalue weighted by Crippen LogP contribution is 2.38. The van der Waals surface area contributed by atoms with E-state index in [0.29, 0.717) is 16.6 Å². The molecule has 1 aliphatic carbocycles. The molecular weight excluding hydrogens is 445 g/mol. The molecule has 6 nitrogen and oxygen atoms in total. The molecule has 0 unspecified atom stereocenters. The number of alkyl halides is 2. The van der Waals surface area contributed by atoms with Gasteiger partial charge in [-0.3, -0.25) is 4.79 Å². The van der Waals surface area contributed by atoms with Gasteiger partial charge in [-0.25, -0.2) is 8.91 Å². The first-order valence-corrected chi connectivity index (χ1v) is 11.8. The summed E-state index contributed by atoms with van der Waals surface area (Å²) in [5.41, 5.74) is 2.65. The van der Waals surface area contributed by atoms with Crippen LogP contribution in [0.2, 0.25) is 0 Å². The van der Waals surface area contributed by atoms with E-state index in [1.165, 1.54) is 18.6 Å². The zero-order chi connectivity index (χ0) is 23.7. The van der Waals surface area contributed by atoms with Gasteiger partial charge in [-0.05, 0) is 55.5 Å². The monoisotopic (exact) mass is 472 g/mol. The summed E-state index contributed by atoms with van der Waals surface area (Å²) in [6, 6.07) is 7.61. The Labute approximate surface area is 195 Å². The van der Waals surface area contributed by atoms with E-state index in [9.17, 15) is 18.0 Å². The SMILES string of the molecule is O=C(NC1CCCCC1)c1cnn2ccc(N3CCC[C@@H]3c3cc(F)cc(OC(F)F)c3)cc12. The predicted octanol–water partition coefficient (Wildman–Crippen LogP) is 5.48. The Hall–Kier alpha value is -3.23. The number of amides is 1. The van der Waals surface area contributed by atoms with Crippen LogP contribution in [0, 0.1) is 5.82 Å². The number of rotatable bonds is 6. The number of halogens is 3. The van der Waals surface area contributed by atoms with Gasteiger partial charge in [0.25, 0.3) is 5.91 Å². The first-order valence-electron chi connectivity index (χ1n) is 11.8. The Balaban J connectivity index is 1.42. The molecule has 2 aliphatic rings. The number of fused-ring (bicyclic) bond motifs is 1. The lowest BCUT2D eigenvalue weighted by Crippen LogP contribution is -2.36. The van der Waals surface area contributed by atoms with Gasteiger partial charge in [-0.15, -0.1) is 0 Å². The van der Waals surface area contributed by atoms with Crippen LogP contribution in [0.1, 0.15) is 66.9 Å². The lowest BCUT2D eigenvalue weighted by Gasteiger charge is -2.28. The Morgan fingerprint density at radius 2 is 1.91 bits per heavy atom. The number of nitrogens with one attached hydrogen (secondary N) is 1. The quantitative estimate of drug-likeness (QED) is 0.516. The van der Waals surface area contributed by atoms with Crippen molar-refractivity contribution >= 4 is 17.1 Å². The van der Waals surface area contributed by atoms with Gasteiger partial charge in [-0.2, -0.15) is 13.9 Å². The molecule has 1 aliphatic heterocycles. The maximum atomic E-state index is 14.2. The van der Waals surface area contributed by atoms with Gasteiger partial charge < -0.3 is 15.0 Å². The largest absolute Gasteiger partial charge is 0.435 e. The number of carbonyl (C=O) groups excluding carboxylic acids is 1. The van der Waals surface area contributed by atoms with Crippen LogP contribution in [0.15, 0.2) is 42.7 Å². The predicted molar refractivity (Wildman–Crippen MR) is 122 cm³/mol. The van der Waals surface area contributed by atoms with Crippen molar-refractivity contribution in [2.45, 2.75) is 63.6 Å². The van der Waals surface area contributed by atoms with Crippen molar-refractivity contribution in [1.82, 2.24) is 14.9 Å². The summed E-state index contributed by atoms with van der Waals surface area (Å²) < 4.78 is 45.6. The van der Waals surface area contributed by atoms with Crippen molar-refractivity contribution in [2.75, 3.05) is 11.4 Å². The molecule has 1 aromatic carbocycles. The topological polar surface area (TPSA) is 58.9 Å². The Kier molecular flexibility index (Phi) is 6.34. The summed E-state index contributed by atoms with van der Waals surface area (Å²) in [4.78, 5) is 15.1. The number of hydrogen-bond donors (Lipinski definition) is 1. The van der Waals surface area contributed by atoms with Gasteiger partial charge in [-0.1, -0.05) is 19.3 Å². The summed E-state index contributed by atoms with van der Waals surface area (Å²) in [5.74, 6) is -0.936. The first-order chi connectivity index (χ1) is 16.5. The van der Waals surface area contributed by atoms with Crippen LogP contribution in [0.4, 0.5) is 18.9 Å². The van der Waals surface area contributed by atoms with Crippen molar-refractivity contribution < 1.29 is 22.7 Å². The molecule has 5 rings (SSSR count). The summed E-state index contributed by atoms with van der Waals surface area (Å²) in [7, 11) is 0. The number of nitrogens with zero attached hydrogens (tertiary/aromatic N) is 3. The Morgan fingerprint density at radius 3 is 2.71 bits per heavy atom. The number of benzene rings is 1. The molecule has 2 aromatic heterocycles. The fourth-order valence-electron chi connectivity index (χ4n) is 5.20. The maximum Gasteiger partial charge on any atom is 0.387 e. The van der Waals surface area contributed by atoms with Crippen LogP contribution in [-0.4, -0.2) is 34.7 Å². The molecule has 180 valence electrons. The number of anilines is 1. The van der Waals surface area contributed by atoms with Crippen LogP contribution in [0.25, 0.3) is 5.52 Å². The van der Waals surface area contributed by atoms with E-state index in [0.717, 1.165) is 56.8 Å². The normalized spacial score (nSPS) is 19.2. The Bertz CT molecular complexity index is 1180. The number of carbonyl (C=O) groups is 1. The smallest absolute Gasteiger partial charge is 0.387 e. The minimum atomic E-state index is -3.02. The van der Waals surface area contributed by atoms with Gasteiger partial charge >= 0.3 is 6.61 Å². The molecule has 3 heterocycles. The maximum absolute atomic E-state index is 14.2. The molecule has 34 heavy (non-hydrogen) atoms. The molecule has 0 bridgehead atoms. The fraction of sp³-hybridized carbons (Fsp3) is 0.440. The van der Waals surface area contributed by atoms with E-state index in [1.807, 2.05) is 12.1 Å². The van der Waals surface area contributed by atoms with Gasteiger partial charge in [0.2, 0.25) is 0 Å². The minimum absolute atomic E-state index is 0.129.